The molecule has 0 atom stereocenters. The van der Waals surface area contributed by atoms with E-state index in [4.69, 9.17) is 5.73 Å². The molecule has 0 aliphatic carbocycles. The van der Waals surface area contributed by atoms with Crippen LogP contribution in [0, 0.1) is 0 Å². The number of nitrogen functional groups attached to an aromatic ring is 1. The van der Waals surface area contributed by atoms with E-state index in [9.17, 15) is 14.8 Å². The van der Waals surface area contributed by atoms with E-state index >= 15 is 0 Å². The van der Waals surface area contributed by atoms with Gasteiger partial charge in [0.25, 0.3) is 5.91 Å². The lowest BCUT2D eigenvalue weighted by atomic mass is 9.78. The Morgan fingerprint density at radius 3 is 2.75 bits per heavy atom. The summed E-state index contributed by atoms with van der Waals surface area (Å²) in [6, 6.07) is 10.2. The fraction of sp³-hybridized carbons (Fsp3) is 0. The second-order valence-corrected chi connectivity index (χ2v) is 6.74. The van der Waals surface area contributed by atoms with E-state index < -0.39 is 7.12 Å². The number of rotatable bonds is 4. The molecule has 138 valence electrons. The Kier molecular flexibility index (Phi) is 4.74. The molecule has 8 nitrogen and oxygen atoms in total. The van der Waals surface area contributed by atoms with E-state index in [-0.39, 0.29) is 5.91 Å². The Morgan fingerprint density at radius 1 is 1.14 bits per heavy atom. The highest BCUT2D eigenvalue weighted by atomic mass is 32.1. The first-order chi connectivity index (χ1) is 13.5. The van der Waals surface area contributed by atoms with E-state index in [1.54, 1.807) is 23.6 Å². The molecule has 4 aromatic rings. The number of carbonyl (C=O) groups excluding carboxylic acids is 1. The Hall–Kier alpha value is -3.34. The second-order valence-electron chi connectivity index (χ2n) is 6.08. The number of hydrogen-bond acceptors (Lipinski definition) is 8. The summed E-state index contributed by atoms with van der Waals surface area (Å²) in [5, 5.41) is 32.3. The number of carbonyl (C=O) groups is 1. The highest BCUT2D eigenvalue weighted by Crippen LogP contribution is 2.31. The number of benzene rings is 2. The highest BCUT2D eigenvalue weighted by Gasteiger charge is 2.17. The summed E-state index contributed by atoms with van der Waals surface area (Å²) < 4.78 is 3.93. The number of fused-ring (bicyclic) bond motifs is 1. The van der Waals surface area contributed by atoms with Gasteiger partial charge in [-0.15, -0.1) is 0 Å². The molecule has 28 heavy (non-hydrogen) atoms. The van der Waals surface area contributed by atoms with E-state index in [1.165, 1.54) is 30.0 Å². The quantitative estimate of drug-likeness (QED) is 0.385. The number of amides is 1. The van der Waals surface area contributed by atoms with Crippen LogP contribution in [0.1, 0.15) is 10.4 Å². The molecule has 10 heteroatoms. The number of nitrogens with one attached hydrogen (secondary N) is 1. The van der Waals surface area contributed by atoms with Crippen LogP contribution in [0.25, 0.3) is 22.0 Å². The lowest BCUT2D eigenvalue weighted by Gasteiger charge is -2.14. The predicted octanol–water partition coefficient (Wildman–Crippen LogP) is 1.27. The van der Waals surface area contributed by atoms with E-state index in [0.29, 0.717) is 39.0 Å². The Morgan fingerprint density at radius 2 is 2.00 bits per heavy atom. The Balaban J connectivity index is 1.81. The summed E-state index contributed by atoms with van der Waals surface area (Å²) in [5.41, 5.74) is 9.60. The minimum Gasteiger partial charge on any atom is -0.423 e. The van der Waals surface area contributed by atoms with Crippen LogP contribution in [0.3, 0.4) is 0 Å². The van der Waals surface area contributed by atoms with Gasteiger partial charge in [-0.2, -0.15) is 10.2 Å². The molecule has 0 saturated carbocycles. The molecule has 0 radical (unpaired) electrons. The van der Waals surface area contributed by atoms with E-state index in [2.05, 4.69) is 19.9 Å². The largest absolute Gasteiger partial charge is 0.488 e. The maximum absolute atomic E-state index is 12.5. The van der Waals surface area contributed by atoms with Gasteiger partial charge in [0.15, 0.2) is 0 Å². The van der Waals surface area contributed by atoms with Gasteiger partial charge in [0.1, 0.15) is 0 Å². The van der Waals surface area contributed by atoms with Crippen LogP contribution in [0.4, 0.5) is 11.4 Å². The van der Waals surface area contributed by atoms with Crippen molar-refractivity contribution in [3.8, 4) is 11.1 Å². The third kappa shape index (κ3) is 3.43. The average Bonchev–Trinajstić information content (AvgIpc) is 3.23. The Labute approximate surface area is 164 Å². The third-order valence-corrected chi connectivity index (χ3v) is 4.85. The van der Waals surface area contributed by atoms with Gasteiger partial charge < -0.3 is 21.1 Å². The van der Waals surface area contributed by atoms with Crippen LogP contribution in [0.15, 0.2) is 54.2 Å². The van der Waals surface area contributed by atoms with Gasteiger partial charge >= 0.3 is 7.12 Å². The van der Waals surface area contributed by atoms with Gasteiger partial charge in [-0.3, -0.25) is 4.79 Å². The molecule has 2 aromatic carbocycles. The molecule has 1 amide bonds. The molecule has 0 unspecified atom stereocenters. The summed E-state index contributed by atoms with van der Waals surface area (Å²) in [4.78, 5) is 12.5. The van der Waals surface area contributed by atoms with Crippen molar-refractivity contribution in [2.75, 3.05) is 11.1 Å². The van der Waals surface area contributed by atoms with Crippen LogP contribution in [0.2, 0.25) is 0 Å². The third-order valence-electron chi connectivity index (χ3n) is 4.27. The molecule has 0 spiro atoms. The monoisotopic (exact) mass is 391 g/mol. The molecule has 0 aliphatic heterocycles. The van der Waals surface area contributed by atoms with Crippen molar-refractivity contribution in [2.24, 2.45) is 0 Å². The number of hydrogen-bond donors (Lipinski definition) is 4. The van der Waals surface area contributed by atoms with Crippen LogP contribution >= 0.6 is 11.5 Å². The topological polar surface area (TPSA) is 134 Å². The molecule has 5 N–H and O–H groups in total. The summed E-state index contributed by atoms with van der Waals surface area (Å²) in [6.07, 6.45) is 2.96. The van der Waals surface area contributed by atoms with Crippen LogP contribution in [-0.4, -0.2) is 37.6 Å². The van der Waals surface area contributed by atoms with Gasteiger partial charge in [-0.05, 0) is 40.8 Å². The zero-order chi connectivity index (χ0) is 19.7. The number of nitrogens with zero attached hydrogens (tertiary/aromatic N) is 3. The minimum atomic E-state index is -1.64. The van der Waals surface area contributed by atoms with Gasteiger partial charge in [-0.1, -0.05) is 18.2 Å². The van der Waals surface area contributed by atoms with Crippen molar-refractivity contribution in [3.63, 3.8) is 0 Å². The zero-order valence-electron chi connectivity index (χ0n) is 14.4. The number of anilines is 2. The van der Waals surface area contributed by atoms with Crippen molar-refractivity contribution < 1.29 is 14.8 Å². The molecule has 0 fully saturated rings. The minimum absolute atomic E-state index is 0.295. The van der Waals surface area contributed by atoms with Crippen molar-refractivity contribution in [2.45, 2.75) is 0 Å². The predicted molar refractivity (Wildman–Crippen MR) is 109 cm³/mol. The maximum atomic E-state index is 12.5. The van der Waals surface area contributed by atoms with Crippen molar-refractivity contribution in [1.29, 1.82) is 0 Å². The highest BCUT2D eigenvalue weighted by molar-refractivity contribution is 7.03. The summed E-state index contributed by atoms with van der Waals surface area (Å²) in [6.45, 7) is 0. The zero-order valence-corrected chi connectivity index (χ0v) is 15.2. The first-order valence-electron chi connectivity index (χ1n) is 8.25. The van der Waals surface area contributed by atoms with Gasteiger partial charge in [0.2, 0.25) is 0 Å². The van der Waals surface area contributed by atoms with Gasteiger partial charge in [0.05, 0.1) is 29.2 Å². The summed E-state index contributed by atoms with van der Waals surface area (Å²) >= 11 is 1.18. The first kappa shape index (κ1) is 18.0. The van der Waals surface area contributed by atoms with Gasteiger partial charge in [-0.25, -0.2) is 4.37 Å². The first-order valence-corrected chi connectivity index (χ1v) is 9.08. The maximum Gasteiger partial charge on any atom is 0.488 e. The SMILES string of the molecule is Nc1cnnc2cc(-c3cc(B(O)O)ccc3NC(=O)c3cnsc3)ccc12. The molecule has 4 rings (SSSR count). The molecular formula is C18H14BN5O3S. The van der Waals surface area contributed by atoms with Crippen LogP contribution in [-0.2, 0) is 0 Å². The fourth-order valence-electron chi connectivity index (χ4n) is 2.83. The smallest absolute Gasteiger partial charge is 0.423 e. The fourth-order valence-corrected chi connectivity index (χ4v) is 3.35. The standard InChI is InChI=1S/C18H14BN5O3S/c20-15-8-21-24-17-5-10(1-3-13(15)17)14-6-12(19(26)27)2-4-16(14)23-18(25)11-7-22-28-9-11/h1-9,26-27H,(H2,20,24)(H,23,25). The summed E-state index contributed by atoms with van der Waals surface area (Å²) in [7, 11) is -1.64. The van der Waals surface area contributed by atoms with E-state index in [1.807, 2.05) is 12.1 Å². The lowest BCUT2D eigenvalue weighted by Crippen LogP contribution is -2.30. The van der Waals surface area contributed by atoms with E-state index in [0.717, 1.165) is 5.39 Å². The molecule has 2 aromatic heterocycles. The normalized spacial score (nSPS) is 10.8. The van der Waals surface area contributed by atoms with Crippen molar-refractivity contribution in [1.82, 2.24) is 14.6 Å². The Bertz CT molecular complexity index is 1170. The molecule has 0 aliphatic rings. The molecule has 0 bridgehead atoms. The van der Waals surface area contributed by atoms with Crippen molar-refractivity contribution >= 4 is 52.3 Å². The van der Waals surface area contributed by atoms with Gasteiger partial charge in [0, 0.05) is 22.0 Å². The van der Waals surface area contributed by atoms with Crippen molar-refractivity contribution in [3.05, 3.63) is 59.7 Å². The molecular weight excluding hydrogens is 377 g/mol. The molecule has 2 heterocycles. The second kappa shape index (κ2) is 7.35. The number of aromatic nitrogens is 3. The molecule has 0 saturated heterocycles. The summed E-state index contributed by atoms with van der Waals surface area (Å²) in [5.74, 6) is -0.308. The van der Waals surface area contributed by atoms with Crippen LogP contribution < -0.4 is 16.5 Å². The lowest BCUT2D eigenvalue weighted by molar-refractivity contribution is 0.102. The average molecular weight is 391 g/mol. The number of nitrogens with two attached hydrogens (primary N) is 1. The van der Waals surface area contributed by atoms with Crippen LogP contribution in [0.5, 0.6) is 0 Å².